The molecular formula is C32H37ClN2O4. The average Bonchev–Trinajstić information content (AvgIpc) is 2.93. The highest BCUT2D eigenvalue weighted by Gasteiger charge is 2.38. The zero-order chi connectivity index (χ0) is 27.7. The number of anilines is 1. The highest BCUT2D eigenvalue weighted by molar-refractivity contribution is 6.30. The minimum atomic E-state index is -0.936. The molecule has 39 heavy (non-hydrogen) atoms. The van der Waals surface area contributed by atoms with Crippen LogP contribution in [-0.2, 0) is 16.8 Å². The molecule has 0 radical (unpaired) electrons. The minimum Gasteiger partial charge on any atom is -0.493 e. The van der Waals surface area contributed by atoms with Crippen molar-refractivity contribution in [2.24, 2.45) is 5.92 Å². The lowest BCUT2D eigenvalue weighted by Crippen LogP contribution is -2.41. The fourth-order valence-electron chi connectivity index (χ4n) is 5.91. The van der Waals surface area contributed by atoms with E-state index in [-0.39, 0.29) is 30.4 Å². The van der Waals surface area contributed by atoms with Gasteiger partial charge in [0.1, 0.15) is 0 Å². The van der Waals surface area contributed by atoms with E-state index in [1.165, 1.54) is 0 Å². The molecule has 3 aromatic rings. The quantitative estimate of drug-likeness (QED) is 0.378. The third-order valence-corrected chi connectivity index (χ3v) is 8.25. The second-order valence-electron chi connectivity index (χ2n) is 11.0. The normalized spacial score (nSPS) is 19.5. The fraction of sp³-hybridized carbons (Fsp3) is 0.406. The van der Waals surface area contributed by atoms with Crippen molar-refractivity contribution >= 4 is 23.2 Å². The van der Waals surface area contributed by atoms with Gasteiger partial charge >= 0.3 is 0 Å². The Kier molecular flexibility index (Phi) is 7.90. The Bertz CT molecular complexity index is 1320. The molecule has 7 heteroatoms. The second kappa shape index (κ2) is 11.2. The van der Waals surface area contributed by atoms with Gasteiger partial charge in [-0.15, -0.1) is 0 Å². The predicted octanol–water partition coefficient (Wildman–Crippen LogP) is 6.02. The number of carbonyl (C=O) groups is 1. The van der Waals surface area contributed by atoms with Crippen LogP contribution in [0.5, 0.6) is 11.5 Å². The summed E-state index contributed by atoms with van der Waals surface area (Å²) < 4.78 is 11.7. The molecule has 206 valence electrons. The number of aliphatic hydroxyl groups is 1. The van der Waals surface area contributed by atoms with E-state index >= 15 is 0 Å². The van der Waals surface area contributed by atoms with E-state index in [0.29, 0.717) is 16.5 Å². The summed E-state index contributed by atoms with van der Waals surface area (Å²) in [5.74, 6) is 1.43. The lowest BCUT2D eigenvalue weighted by Gasteiger charge is -2.39. The number of amides is 1. The van der Waals surface area contributed by atoms with Crippen LogP contribution in [0.25, 0.3) is 0 Å². The van der Waals surface area contributed by atoms with Crippen LogP contribution in [0.4, 0.5) is 5.69 Å². The molecule has 2 aliphatic heterocycles. The van der Waals surface area contributed by atoms with Crippen molar-refractivity contribution in [2.75, 3.05) is 25.1 Å². The molecule has 1 saturated heterocycles. The predicted molar refractivity (Wildman–Crippen MR) is 155 cm³/mol. The Labute approximate surface area is 235 Å². The van der Waals surface area contributed by atoms with E-state index in [1.807, 2.05) is 86.3 Å². The Morgan fingerprint density at radius 1 is 1.03 bits per heavy atom. The van der Waals surface area contributed by atoms with Crippen LogP contribution in [0.1, 0.15) is 61.9 Å². The molecule has 0 spiro atoms. The summed E-state index contributed by atoms with van der Waals surface area (Å²) in [5, 5.41) is 15.5. The topological polar surface area (TPSA) is 71.0 Å². The lowest BCUT2D eigenvalue weighted by atomic mass is 9.77. The summed E-state index contributed by atoms with van der Waals surface area (Å²) in [7, 11) is 1.61. The van der Waals surface area contributed by atoms with Crippen LogP contribution < -0.4 is 19.7 Å². The largest absolute Gasteiger partial charge is 0.493 e. The van der Waals surface area contributed by atoms with E-state index in [0.717, 1.165) is 53.9 Å². The SMILES string of the molecule is COc1cc2c(cc1OC(C)C)[C@H](c1ccc(Cl)cc1)N(c1ccc(C(C)(O)C3CCNCC3)cc1)C(=O)C2. The number of piperidine rings is 1. The average molecular weight is 549 g/mol. The monoisotopic (exact) mass is 548 g/mol. The van der Waals surface area contributed by atoms with Gasteiger partial charge in [-0.3, -0.25) is 4.79 Å². The highest BCUT2D eigenvalue weighted by Crippen LogP contribution is 2.44. The number of nitrogens with one attached hydrogen (secondary N) is 1. The van der Waals surface area contributed by atoms with Crippen LogP contribution in [0.3, 0.4) is 0 Å². The summed E-state index contributed by atoms with van der Waals surface area (Å²) in [6, 6.07) is 19.0. The van der Waals surface area contributed by atoms with E-state index in [4.69, 9.17) is 21.1 Å². The van der Waals surface area contributed by atoms with Crippen LogP contribution in [0.2, 0.25) is 5.02 Å². The zero-order valence-electron chi connectivity index (χ0n) is 23.0. The Hall–Kier alpha value is -3.06. The number of carbonyl (C=O) groups excluding carboxylic acids is 1. The number of rotatable bonds is 7. The molecule has 1 unspecified atom stereocenters. The summed E-state index contributed by atoms with van der Waals surface area (Å²) in [6.45, 7) is 7.69. The third kappa shape index (κ3) is 5.51. The summed E-state index contributed by atoms with van der Waals surface area (Å²) in [4.78, 5) is 15.6. The van der Waals surface area contributed by atoms with E-state index in [2.05, 4.69) is 5.32 Å². The molecule has 2 aliphatic rings. The van der Waals surface area contributed by atoms with E-state index < -0.39 is 5.60 Å². The number of hydrogen-bond donors (Lipinski definition) is 2. The van der Waals surface area contributed by atoms with Gasteiger partial charge in [-0.25, -0.2) is 0 Å². The lowest BCUT2D eigenvalue weighted by molar-refractivity contribution is -0.118. The molecule has 3 aromatic carbocycles. The van der Waals surface area contributed by atoms with Crippen molar-refractivity contribution in [2.45, 2.75) is 57.8 Å². The molecule has 0 bridgehead atoms. The maximum atomic E-state index is 13.8. The van der Waals surface area contributed by atoms with Crippen LogP contribution in [-0.4, -0.2) is 37.3 Å². The zero-order valence-corrected chi connectivity index (χ0v) is 23.8. The number of benzene rings is 3. The number of methoxy groups -OCH3 is 1. The Morgan fingerprint density at radius 3 is 2.31 bits per heavy atom. The van der Waals surface area contributed by atoms with Gasteiger partial charge in [-0.05, 0) is 111 Å². The van der Waals surface area contributed by atoms with E-state index in [9.17, 15) is 9.90 Å². The number of nitrogens with zero attached hydrogens (tertiary/aromatic N) is 1. The smallest absolute Gasteiger partial charge is 0.232 e. The summed E-state index contributed by atoms with van der Waals surface area (Å²) in [6.07, 6.45) is 2.07. The van der Waals surface area contributed by atoms with Gasteiger partial charge in [0.2, 0.25) is 5.91 Å². The minimum absolute atomic E-state index is 0.0140. The molecular weight excluding hydrogens is 512 g/mol. The number of ether oxygens (including phenoxy) is 2. The van der Waals surface area contributed by atoms with Crippen LogP contribution in [0, 0.1) is 5.92 Å². The first-order chi connectivity index (χ1) is 18.7. The molecule has 0 aromatic heterocycles. The maximum absolute atomic E-state index is 13.8. The first-order valence-corrected chi connectivity index (χ1v) is 14.1. The molecule has 1 amide bonds. The molecule has 5 rings (SSSR count). The van der Waals surface area contributed by atoms with Crippen molar-refractivity contribution in [1.82, 2.24) is 5.32 Å². The molecule has 0 aliphatic carbocycles. The van der Waals surface area contributed by atoms with Gasteiger partial charge < -0.3 is 24.8 Å². The second-order valence-corrected chi connectivity index (χ2v) is 11.4. The summed E-state index contributed by atoms with van der Waals surface area (Å²) >= 11 is 6.23. The molecule has 2 N–H and O–H groups in total. The summed E-state index contributed by atoms with van der Waals surface area (Å²) in [5.41, 5.74) is 3.55. The Balaban J connectivity index is 1.58. The fourth-order valence-corrected chi connectivity index (χ4v) is 6.03. The van der Waals surface area contributed by atoms with Gasteiger partial charge in [0.05, 0.1) is 31.3 Å². The number of hydrogen-bond acceptors (Lipinski definition) is 5. The van der Waals surface area contributed by atoms with Crippen molar-refractivity contribution in [3.8, 4) is 11.5 Å². The van der Waals surface area contributed by atoms with Gasteiger partial charge in [0.15, 0.2) is 11.5 Å². The number of halogens is 1. The van der Waals surface area contributed by atoms with Gasteiger partial charge in [0.25, 0.3) is 0 Å². The Morgan fingerprint density at radius 2 is 1.69 bits per heavy atom. The molecule has 6 nitrogen and oxygen atoms in total. The van der Waals surface area contributed by atoms with Crippen molar-refractivity contribution < 1.29 is 19.4 Å². The van der Waals surface area contributed by atoms with E-state index in [1.54, 1.807) is 7.11 Å². The first kappa shape index (κ1) is 27.5. The third-order valence-electron chi connectivity index (χ3n) is 8.00. The first-order valence-electron chi connectivity index (χ1n) is 13.7. The number of fused-ring (bicyclic) bond motifs is 1. The van der Waals surface area contributed by atoms with Gasteiger partial charge in [-0.2, -0.15) is 0 Å². The van der Waals surface area contributed by atoms with Crippen LogP contribution >= 0.6 is 11.6 Å². The molecule has 1 fully saturated rings. The van der Waals surface area contributed by atoms with Gasteiger partial charge in [0, 0.05) is 10.7 Å². The van der Waals surface area contributed by atoms with Gasteiger partial charge in [-0.1, -0.05) is 35.9 Å². The maximum Gasteiger partial charge on any atom is 0.232 e. The van der Waals surface area contributed by atoms with Crippen molar-refractivity contribution in [3.05, 3.63) is 87.9 Å². The van der Waals surface area contributed by atoms with Crippen molar-refractivity contribution in [3.63, 3.8) is 0 Å². The standard InChI is InChI=1S/C32H37ClN2O4/c1-20(2)39-29-19-27-22(17-28(29)38-4)18-30(36)35(31(27)21-5-9-25(33)10-6-21)26-11-7-23(8-12-26)32(3,37)24-13-15-34-16-14-24/h5-12,17,19-20,24,31,34,37H,13-16,18H2,1-4H3/t31-,32?/m0/s1. The van der Waals surface area contributed by atoms with Crippen LogP contribution in [0.15, 0.2) is 60.7 Å². The highest BCUT2D eigenvalue weighted by atomic mass is 35.5. The molecule has 2 heterocycles. The molecule has 2 atom stereocenters. The van der Waals surface area contributed by atoms with Crippen molar-refractivity contribution in [1.29, 1.82) is 0 Å². The molecule has 0 saturated carbocycles.